The monoisotopic (exact) mass is 344 g/mol. The number of fused-ring (bicyclic) bond motifs is 1. The quantitative estimate of drug-likeness (QED) is 0.864. The van der Waals surface area contributed by atoms with Crippen molar-refractivity contribution < 1.29 is 4.74 Å². The van der Waals surface area contributed by atoms with Gasteiger partial charge in [0.25, 0.3) is 5.56 Å². The van der Waals surface area contributed by atoms with E-state index < -0.39 is 0 Å². The Hall–Kier alpha value is -2.06. The standard InChI is InChI=1S/C17H24N6O2/c1-3-11-7-16(24)19-14(18-11)10-22-9-12(25-2)8-13(22)17-21-20-15-5-4-6-23(15)17/h7,12-13H,3-6,8-10H2,1-2H3,(H,18,19,24)/t12-,13+/m1/s1. The number of aromatic amines is 1. The molecule has 0 aromatic carbocycles. The molecule has 2 aromatic heterocycles. The SMILES string of the molecule is CCc1cc(=O)[nH]c(CN2C[C@H](OC)C[C@H]2c2nnc3n2CCC3)n1. The van der Waals surface area contributed by atoms with Crippen LogP contribution in [0.3, 0.4) is 0 Å². The number of aryl methyl sites for hydroxylation is 2. The molecule has 25 heavy (non-hydrogen) atoms. The Bertz CT molecular complexity index is 814. The van der Waals surface area contributed by atoms with Crippen LogP contribution < -0.4 is 5.56 Å². The average molecular weight is 344 g/mol. The second-order valence-electron chi connectivity index (χ2n) is 6.81. The van der Waals surface area contributed by atoms with Crippen molar-refractivity contribution in [2.45, 2.75) is 57.8 Å². The maximum absolute atomic E-state index is 11.9. The molecular weight excluding hydrogens is 320 g/mol. The van der Waals surface area contributed by atoms with Crippen molar-refractivity contribution in [2.75, 3.05) is 13.7 Å². The lowest BCUT2D eigenvalue weighted by Crippen LogP contribution is -2.28. The highest BCUT2D eigenvalue weighted by Crippen LogP contribution is 2.34. The highest BCUT2D eigenvalue weighted by molar-refractivity contribution is 5.09. The van der Waals surface area contributed by atoms with Gasteiger partial charge < -0.3 is 14.3 Å². The molecule has 8 nitrogen and oxygen atoms in total. The zero-order valence-corrected chi connectivity index (χ0v) is 14.7. The van der Waals surface area contributed by atoms with Crippen LogP contribution in [0.2, 0.25) is 0 Å². The van der Waals surface area contributed by atoms with Crippen molar-refractivity contribution in [3.8, 4) is 0 Å². The Morgan fingerprint density at radius 3 is 3.08 bits per heavy atom. The van der Waals surface area contributed by atoms with Gasteiger partial charge in [0.15, 0.2) is 5.82 Å². The predicted molar refractivity (Wildman–Crippen MR) is 91.1 cm³/mol. The number of H-pyrrole nitrogens is 1. The molecular formula is C17H24N6O2. The fourth-order valence-electron chi connectivity index (χ4n) is 3.91. The Kier molecular flexibility index (Phi) is 4.39. The van der Waals surface area contributed by atoms with Crippen LogP contribution in [-0.4, -0.2) is 49.4 Å². The second-order valence-corrected chi connectivity index (χ2v) is 6.81. The lowest BCUT2D eigenvalue weighted by molar-refractivity contribution is 0.107. The third-order valence-corrected chi connectivity index (χ3v) is 5.19. The highest BCUT2D eigenvalue weighted by Gasteiger charge is 2.37. The zero-order chi connectivity index (χ0) is 17.4. The van der Waals surface area contributed by atoms with Crippen LogP contribution >= 0.6 is 0 Å². The summed E-state index contributed by atoms with van der Waals surface area (Å²) < 4.78 is 7.85. The second kappa shape index (κ2) is 6.68. The minimum atomic E-state index is -0.0933. The van der Waals surface area contributed by atoms with Gasteiger partial charge >= 0.3 is 0 Å². The Labute approximate surface area is 146 Å². The zero-order valence-electron chi connectivity index (χ0n) is 14.7. The third kappa shape index (κ3) is 3.11. The van der Waals surface area contributed by atoms with Gasteiger partial charge in [-0.25, -0.2) is 4.98 Å². The van der Waals surface area contributed by atoms with E-state index in [1.54, 1.807) is 13.2 Å². The van der Waals surface area contributed by atoms with Gasteiger partial charge in [-0.05, 0) is 19.3 Å². The fourth-order valence-corrected chi connectivity index (χ4v) is 3.91. The van der Waals surface area contributed by atoms with Gasteiger partial charge in [-0.15, -0.1) is 10.2 Å². The maximum Gasteiger partial charge on any atom is 0.251 e. The van der Waals surface area contributed by atoms with E-state index >= 15 is 0 Å². The lowest BCUT2D eigenvalue weighted by Gasteiger charge is -2.23. The number of hydrogen-bond donors (Lipinski definition) is 1. The van der Waals surface area contributed by atoms with Crippen molar-refractivity contribution >= 4 is 0 Å². The van der Waals surface area contributed by atoms with Crippen LogP contribution in [0.5, 0.6) is 0 Å². The molecule has 2 aromatic rings. The molecule has 0 spiro atoms. The molecule has 1 fully saturated rings. The minimum Gasteiger partial charge on any atom is -0.380 e. The molecule has 8 heteroatoms. The van der Waals surface area contributed by atoms with Crippen molar-refractivity contribution in [3.63, 3.8) is 0 Å². The van der Waals surface area contributed by atoms with Gasteiger partial charge in [0.2, 0.25) is 0 Å². The normalized spacial score (nSPS) is 23.3. The molecule has 4 heterocycles. The summed E-state index contributed by atoms with van der Waals surface area (Å²) in [6, 6.07) is 1.70. The topological polar surface area (TPSA) is 88.9 Å². The largest absolute Gasteiger partial charge is 0.380 e. The number of likely N-dealkylation sites (tertiary alicyclic amines) is 1. The van der Waals surface area contributed by atoms with E-state index in [9.17, 15) is 4.79 Å². The van der Waals surface area contributed by atoms with Gasteiger partial charge in [-0.2, -0.15) is 0 Å². The molecule has 1 saturated heterocycles. The molecule has 0 amide bonds. The van der Waals surface area contributed by atoms with Crippen LogP contribution in [-0.2, 0) is 30.7 Å². The van der Waals surface area contributed by atoms with E-state index in [2.05, 4.69) is 29.6 Å². The molecule has 2 aliphatic heterocycles. The molecule has 4 rings (SSSR count). The first-order valence-electron chi connectivity index (χ1n) is 8.96. The predicted octanol–water partition coefficient (Wildman–Crippen LogP) is 0.832. The van der Waals surface area contributed by atoms with Crippen LogP contribution in [0.1, 0.15) is 49.0 Å². The molecule has 0 unspecified atom stereocenters. The average Bonchev–Trinajstić information content (AvgIpc) is 3.29. The first kappa shape index (κ1) is 16.4. The number of rotatable bonds is 5. The summed E-state index contributed by atoms with van der Waals surface area (Å²) >= 11 is 0. The van der Waals surface area contributed by atoms with E-state index in [-0.39, 0.29) is 17.7 Å². The molecule has 134 valence electrons. The Morgan fingerprint density at radius 1 is 1.40 bits per heavy atom. The molecule has 2 aliphatic rings. The highest BCUT2D eigenvalue weighted by atomic mass is 16.5. The summed E-state index contributed by atoms with van der Waals surface area (Å²) in [5, 5.41) is 8.80. The van der Waals surface area contributed by atoms with E-state index in [0.29, 0.717) is 12.4 Å². The lowest BCUT2D eigenvalue weighted by atomic mass is 10.2. The summed E-state index contributed by atoms with van der Waals surface area (Å²) in [6.45, 7) is 4.37. The Morgan fingerprint density at radius 2 is 2.28 bits per heavy atom. The third-order valence-electron chi connectivity index (χ3n) is 5.19. The number of hydrogen-bond acceptors (Lipinski definition) is 6. The molecule has 1 N–H and O–H groups in total. The van der Waals surface area contributed by atoms with Gasteiger partial charge in [0, 0.05) is 38.4 Å². The first-order chi connectivity index (χ1) is 12.2. The summed E-state index contributed by atoms with van der Waals surface area (Å²) in [5.74, 6) is 2.80. The Balaban J connectivity index is 1.62. The van der Waals surface area contributed by atoms with Crippen molar-refractivity contribution in [1.29, 1.82) is 0 Å². The molecule has 0 bridgehead atoms. The summed E-state index contributed by atoms with van der Waals surface area (Å²) in [5.41, 5.74) is 0.727. The van der Waals surface area contributed by atoms with E-state index in [1.165, 1.54) is 0 Å². The van der Waals surface area contributed by atoms with Crippen molar-refractivity contribution in [3.05, 3.63) is 39.6 Å². The van der Waals surface area contributed by atoms with Crippen LogP contribution in [0.4, 0.5) is 0 Å². The van der Waals surface area contributed by atoms with Crippen molar-refractivity contribution in [2.24, 2.45) is 0 Å². The van der Waals surface area contributed by atoms with Gasteiger partial charge in [-0.1, -0.05) is 6.92 Å². The number of aromatic nitrogens is 5. The number of nitrogens with zero attached hydrogens (tertiary/aromatic N) is 5. The van der Waals surface area contributed by atoms with E-state index in [1.807, 2.05) is 6.92 Å². The van der Waals surface area contributed by atoms with Gasteiger partial charge in [0.1, 0.15) is 11.6 Å². The molecule has 2 atom stereocenters. The van der Waals surface area contributed by atoms with Crippen LogP contribution in [0.25, 0.3) is 0 Å². The molecule has 0 saturated carbocycles. The smallest absolute Gasteiger partial charge is 0.251 e. The van der Waals surface area contributed by atoms with Crippen molar-refractivity contribution in [1.82, 2.24) is 29.6 Å². The first-order valence-corrected chi connectivity index (χ1v) is 8.96. The van der Waals surface area contributed by atoms with Gasteiger partial charge in [-0.3, -0.25) is 9.69 Å². The van der Waals surface area contributed by atoms with Crippen LogP contribution in [0.15, 0.2) is 10.9 Å². The number of nitrogens with one attached hydrogen (secondary N) is 1. The summed E-state index contributed by atoms with van der Waals surface area (Å²) in [4.78, 5) is 21.6. The maximum atomic E-state index is 11.9. The summed E-state index contributed by atoms with van der Waals surface area (Å²) in [7, 11) is 1.75. The van der Waals surface area contributed by atoms with E-state index in [0.717, 1.165) is 56.1 Å². The van der Waals surface area contributed by atoms with Crippen LogP contribution in [0, 0.1) is 0 Å². The number of methoxy groups -OCH3 is 1. The fraction of sp³-hybridized carbons (Fsp3) is 0.647. The van der Waals surface area contributed by atoms with Gasteiger partial charge in [0.05, 0.1) is 18.7 Å². The molecule has 0 radical (unpaired) electrons. The summed E-state index contributed by atoms with van der Waals surface area (Å²) in [6.07, 6.45) is 3.91. The minimum absolute atomic E-state index is 0.0933. The number of ether oxygens (including phenoxy) is 1. The van der Waals surface area contributed by atoms with E-state index in [4.69, 9.17) is 4.74 Å². The molecule has 0 aliphatic carbocycles.